The molecule has 0 spiro atoms. The summed E-state index contributed by atoms with van der Waals surface area (Å²) in [6.45, 7) is 7.73. The van der Waals surface area contributed by atoms with Gasteiger partial charge in [0.1, 0.15) is 0 Å². The van der Waals surface area contributed by atoms with Gasteiger partial charge < -0.3 is 10.6 Å². The van der Waals surface area contributed by atoms with Crippen LogP contribution in [0.25, 0.3) is 0 Å². The van der Waals surface area contributed by atoms with E-state index in [4.69, 9.17) is 5.73 Å². The summed E-state index contributed by atoms with van der Waals surface area (Å²) in [7, 11) is 0. The molecule has 1 saturated heterocycles. The van der Waals surface area contributed by atoms with E-state index in [9.17, 15) is 4.79 Å². The molecule has 1 atom stereocenters. The minimum atomic E-state index is -0.321. The molecule has 17 heavy (non-hydrogen) atoms. The first kappa shape index (κ1) is 14.5. The van der Waals surface area contributed by atoms with Gasteiger partial charge in [0.15, 0.2) is 0 Å². The van der Waals surface area contributed by atoms with Crippen LogP contribution in [0.15, 0.2) is 0 Å². The molecule has 1 rings (SSSR count). The molecule has 1 fully saturated rings. The fraction of sp³-hybridized carbons (Fsp3) is 0.929. The van der Waals surface area contributed by atoms with Crippen molar-refractivity contribution in [1.82, 2.24) is 4.90 Å². The molecule has 1 unspecified atom stereocenters. The topological polar surface area (TPSA) is 46.3 Å². The van der Waals surface area contributed by atoms with Gasteiger partial charge in [0.2, 0.25) is 5.91 Å². The molecule has 0 radical (unpaired) electrons. The Morgan fingerprint density at radius 2 is 1.94 bits per heavy atom. The number of likely N-dealkylation sites (tertiary alicyclic amines) is 1. The smallest absolute Gasteiger partial charge is 0.230 e. The van der Waals surface area contributed by atoms with Gasteiger partial charge in [-0.05, 0) is 32.6 Å². The summed E-state index contributed by atoms with van der Waals surface area (Å²) in [5.41, 5.74) is 5.55. The summed E-state index contributed by atoms with van der Waals surface area (Å²) >= 11 is 0. The summed E-state index contributed by atoms with van der Waals surface area (Å²) in [4.78, 5) is 14.8. The Morgan fingerprint density at radius 1 is 1.29 bits per heavy atom. The lowest BCUT2D eigenvalue weighted by atomic mass is 9.80. The summed E-state index contributed by atoms with van der Waals surface area (Å²) in [6, 6.07) is 0.383. The third-order valence-corrected chi connectivity index (χ3v) is 4.51. The lowest BCUT2D eigenvalue weighted by Crippen LogP contribution is -2.50. The molecule has 100 valence electrons. The normalized spacial score (nSPS) is 22.4. The van der Waals surface area contributed by atoms with Crippen LogP contribution >= 0.6 is 0 Å². The van der Waals surface area contributed by atoms with Crippen molar-refractivity contribution in [1.29, 1.82) is 0 Å². The Bertz CT molecular complexity index is 240. The van der Waals surface area contributed by atoms with Crippen molar-refractivity contribution in [3.63, 3.8) is 0 Å². The standard InChI is InChI=1S/C14H28N2O/c1-4-14(5-2,11-15)13(17)16-10-8-6-7-9-12(16)3/h12H,4-11,15H2,1-3H3. The van der Waals surface area contributed by atoms with Gasteiger partial charge in [0.25, 0.3) is 0 Å². The van der Waals surface area contributed by atoms with Crippen LogP contribution in [0.4, 0.5) is 0 Å². The summed E-state index contributed by atoms with van der Waals surface area (Å²) in [5.74, 6) is 0.291. The van der Waals surface area contributed by atoms with Gasteiger partial charge in [-0.3, -0.25) is 4.79 Å². The maximum absolute atomic E-state index is 12.7. The molecular formula is C14H28N2O. The van der Waals surface area contributed by atoms with Crippen molar-refractivity contribution in [2.24, 2.45) is 11.1 Å². The van der Waals surface area contributed by atoms with Crippen LogP contribution in [-0.4, -0.2) is 29.9 Å². The number of amides is 1. The number of nitrogens with zero attached hydrogens (tertiary/aromatic N) is 1. The maximum Gasteiger partial charge on any atom is 0.230 e. The lowest BCUT2D eigenvalue weighted by molar-refractivity contribution is -0.144. The number of carbonyl (C=O) groups is 1. The second-order valence-corrected chi connectivity index (χ2v) is 5.39. The highest BCUT2D eigenvalue weighted by Crippen LogP contribution is 2.30. The minimum Gasteiger partial charge on any atom is -0.339 e. The van der Waals surface area contributed by atoms with Gasteiger partial charge >= 0.3 is 0 Å². The summed E-state index contributed by atoms with van der Waals surface area (Å²) in [6.07, 6.45) is 6.48. The highest BCUT2D eigenvalue weighted by atomic mass is 16.2. The number of nitrogens with two attached hydrogens (primary N) is 1. The SMILES string of the molecule is CCC(CC)(CN)C(=O)N1CCCCCC1C. The monoisotopic (exact) mass is 240 g/mol. The molecule has 0 aromatic heterocycles. The maximum atomic E-state index is 12.7. The molecule has 1 aliphatic heterocycles. The van der Waals surface area contributed by atoms with E-state index < -0.39 is 0 Å². The Kier molecular flexibility index (Phi) is 5.44. The predicted octanol–water partition coefficient (Wildman–Crippen LogP) is 2.54. The van der Waals surface area contributed by atoms with Gasteiger partial charge in [-0.2, -0.15) is 0 Å². The van der Waals surface area contributed by atoms with Crippen LogP contribution in [0.1, 0.15) is 59.3 Å². The van der Waals surface area contributed by atoms with Gasteiger partial charge in [-0.25, -0.2) is 0 Å². The van der Waals surface area contributed by atoms with Crippen molar-refractivity contribution in [2.45, 2.75) is 65.3 Å². The van der Waals surface area contributed by atoms with E-state index in [1.165, 1.54) is 12.8 Å². The molecule has 0 aromatic carbocycles. The molecule has 3 heteroatoms. The Hall–Kier alpha value is -0.570. The van der Waals surface area contributed by atoms with E-state index in [0.29, 0.717) is 18.5 Å². The van der Waals surface area contributed by atoms with Crippen LogP contribution in [0.5, 0.6) is 0 Å². The molecule has 0 aliphatic carbocycles. The second kappa shape index (κ2) is 6.39. The van der Waals surface area contributed by atoms with E-state index in [1.54, 1.807) is 0 Å². The zero-order valence-corrected chi connectivity index (χ0v) is 11.7. The predicted molar refractivity (Wildman–Crippen MR) is 71.7 cm³/mol. The number of rotatable bonds is 4. The Balaban J connectivity index is 2.84. The third-order valence-electron chi connectivity index (χ3n) is 4.51. The molecule has 2 N–H and O–H groups in total. The van der Waals surface area contributed by atoms with E-state index in [-0.39, 0.29) is 5.41 Å². The Labute approximate surface area is 106 Å². The third kappa shape index (κ3) is 3.01. The number of hydrogen-bond donors (Lipinski definition) is 1. The molecule has 3 nitrogen and oxygen atoms in total. The van der Waals surface area contributed by atoms with Crippen molar-refractivity contribution in [3.05, 3.63) is 0 Å². The van der Waals surface area contributed by atoms with Crippen LogP contribution in [0, 0.1) is 5.41 Å². The van der Waals surface area contributed by atoms with Crippen molar-refractivity contribution in [3.8, 4) is 0 Å². The molecule has 0 aromatic rings. The van der Waals surface area contributed by atoms with Gasteiger partial charge in [-0.1, -0.05) is 26.7 Å². The first-order valence-corrected chi connectivity index (χ1v) is 7.12. The fourth-order valence-electron chi connectivity index (χ4n) is 2.81. The van der Waals surface area contributed by atoms with E-state index in [2.05, 4.69) is 25.7 Å². The number of carbonyl (C=O) groups excluding carboxylic acids is 1. The molecular weight excluding hydrogens is 212 g/mol. The largest absolute Gasteiger partial charge is 0.339 e. The first-order valence-electron chi connectivity index (χ1n) is 7.12. The van der Waals surface area contributed by atoms with E-state index in [1.807, 2.05) is 0 Å². The first-order chi connectivity index (χ1) is 8.11. The molecule has 0 bridgehead atoms. The zero-order valence-electron chi connectivity index (χ0n) is 11.7. The molecule has 0 saturated carbocycles. The molecule has 1 heterocycles. The molecule has 1 amide bonds. The average molecular weight is 240 g/mol. The highest BCUT2D eigenvalue weighted by molar-refractivity contribution is 5.83. The summed E-state index contributed by atoms with van der Waals surface area (Å²) in [5, 5.41) is 0. The quantitative estimate of drug-likeness (QED) is 0.821. The number of hydrogen-bond acceptors (Lipinski definition) is 2. The lowest BCUT2D eigenvalue weighted by Gasteiger charge is -2.37. The molecule has 1 aliphatic rings. The van der Waals surface area contributed by atoms with Crippen molar-refractivity contribution < 1.29 is 4.79 Å². The fourth-order valence-corrected chi connectivity index (χ4v) is 2.81. The van der Waals surface area contributed by atoms with Crippen LogP contribution in [0.3, 0.4) is 0 Å². The Morgan fingerprint density at radius 3 is 2.47 bits per heavy atom. The van der Waals surface area contributed by atoms with Gasteiger partial charge in [-0.15, -0.1) is 0 Å². The van der Waals surface area contributed by atoms with Gasteiger partial charge in [0.05, 0.1) is 5.41 Å². The zero-order chi connectivity index (χ0) is 12.9. The van der Waals surface area contributed by atoms with Crippen molar-refractivity contribution >= 4 is 5.91 Å². The van der Waals surface area contributed by atoms with Crippen LogP contribution in [0.2, 0.25) is 0 Å². The highest BCUT2D eigenvalue weighted by Gasteiger charge is 2.38. The van der Waals surface area contributed by atoms with Crippen LogP contribution < -0.4 is 5.73 Å². The van der Waals surface area contributed by atoms with E-state index >= 15 is 0 Å². The van der Waals surface area contributed by atoms with Gasteiger partial charge in [0, 0.05) is 19.1 Å². The second-order valence-electron chi connectivity index (χ2n) is 5.39. The summed E-state index contributed by atoms with van der Waals surface area (Å²) < 4.78 is 0. The van der Waals surface area contributed by atoms with E-state index in [0.717, 1.165) is 32.2 Å². The van der Waals surface area contributed by atoms with Crippen LogP contribution in [-0.2, 0) is 4.79 Å². The minimum absolute atomic E-state index is 0.291. The van der Waals surface area contributed by atoms with Crippen molar-refractivity contribution in [2.75, 3.05) is 13.1 Å². The average Bonchev–Trinajstić information content (AvgIpc) is 2.56.